The zero-order valence-corrected chi connectivity index (χ0v) is 11.0. The maximum absolute atomic E-state index is 5.35. The molecule has 3 heterocycles. The van der Waals surface area contributed by atoms with Crippen LogP contribution < -0.4 is 0 Å². The summed E-state index contributed by atoms with van der Waals surface area (Å²) >= 11 is 0. The molecule has 0 aliphatic carbocycles. The van der Waals surface area contributed by atoms with Crippen molar-refractivity contribution in [1.82, 2.24) is 20.1 Å². The Labute approximate surface area is 120 Å². The maximum atomic E-state index is 5.35. The second-order valence-electron chi connectivity index (χ2n) is 4.52. The number of hydrogen-bond donors (Lipinski definition) is 0. The molecule has 0 radical (unpaired) electrons. The van der Waals surface area contributed by atoms with Crippen molar-refractivity contribution in [2.24, 2.45) is 0 Å². The molecule has 0 aliphatic rings. The summed E-state index contributed by atoms with van der Waals surface area (Å²) in [7, 11) is 0. The number of aromatic nitrogens is 4. The maximum Gasteiger partial charge on any atom is 0.277 e. The monoisotopic (exact) mass is 274 g/mol. The van der Waals surface area contributed by atoms with Crippen LogP contribution in [0.4, 0.5) is 0 Å². The average molecular weight is 274 g/mol. The molecule has 100 valence electrons. The van der Waals surface area contributed by atoms with Crippen LogP contribution in [-0.2, 0) is 0 Å². The van der Waals surface area contributed by atoms with Gasteiger partial charge in [-0.3, -0.25) is 9.97 Å². The summed E-state index contributed by atoms with van der Waals surface area (Å²) in [6.45, 7) is 0. The van der Waals surface area contributed by atoms with E-state index in [0.717, 1.165) is 10.8 Å². The topological polar surface area (TPSA) is 64.7 Å². The predicted octanol–water partition coefficient (Wildman–Crippen LogP) is 3.35. The van der Waals surface area contributed by atoms with Gasteiger partial charge in [-0.2, -0.15) is 4.98 Å². The lowest BCUT2D eigenvalue weighted by atomic mass is 10.1. The van der Waals surface area contributed by atoms with Crippen molar-refractivity contribution in [2.45, 2.75) is 0 Å². The molecule has 0 atom stereocenters. The van der Waals surface area contributed by atoms with Crippen molar-refractivity contribution < 1.29 is 4.52 Å². The van der Waals surface area contributed by atoms with E-state index < -0.39 is 0 Å². The van der Waals surface area contributed by atoms with Crippen LogP contribution in [-0.4, -0.2) is 20.1 Å². The molecule has 4 rings (SSSR count). The van der Waals surface area contributed by atoms with Crippen molar-refractivity contribution in [1.29, 1.82) is 0 Å². The number of fused-ring (bicyclic) bond motifs is 1. The van der Waals surface area contributed by atoms with Crippen LogP contribution in [0.3, 0.4) is 0 Å². The molecule has 0 unspecified atom stereocenters. The standard InChI is InChI=1S/C16H10N4O/c1-2-6-12-11(5-1)8-10-18-14(12)16-19-15(20-21-16)13-7-3-4-9-17-13/h1-10H. The van der Waals surface area contributed by atoms with E-state index in [0.29, 0.717) is 23.1 Å². The molecule has 0 N–H and O–H groups in total. The molecule has 0 amide bonds. The average Bonchev–Trinajstić information content (AvgIpc) is 3.05. The van der Waals surface area contributed by atoms with Crippen LogP contribution >= 0.6 is 0 Å². The van der Waals surface area contributed by atoms with Gasteiger partial charge in [0, 0.05) is 17.8 Å². The largest absolute Gasteiger partial charge is 0.332 e. The zero-order valence-electron chi connectivity index (χ0n) is 11.0. The minimum absolute atomic E-state index is 0.396. The summed E-state index contributed by atoms with van der Waals surface area (Å²) in [4.78, 5) is 13.0. The third-order valence-corrected chi connectivity index (χ3v) is 3.20. The summed E-state index contributed by atoms with van der Waals surface area (Å²) in [6.07, 6.45) is 3.43. The summed E-state index contributed by atoms with van der Waals surface area (Å²) in [5.41, 5.74) is 1.36. The summed E-state index contributed by atoms with van der Waals surface area (Å²) in [6, 6.07) is 15.5. The van der Waals surface area contributed by atoms with Crippen LogP contribution in [0.1, 0.15) is 0 Å². The number of rotatable bonds is 2. The van der Waals surface area contributed by atoms with Gasteiger partial charge < -0.3 is 4.52 Å². The van der Waals surface area contributed by atoms with Crippen molar-refractivity contribution in [3.63, 3.8) is 0 Å². The SMILES string of the molecule is c1ccc(-c2noc(-c3nccc4ccccc34)n2)nc1. The Morgan fingerprint density at radius 3 is 2.62 bits per heavy atom. The molecule has 3 aromatic heterocycles. The molecular formula is C16H10N4O. The third kappa shape index (κ3) is 2.04. The number of pyridine rings is 2. The summed E-state index contributed by atoms with van der Waals surface area (Å²) in [5, 5.41) is 6.05. The highest BCUT2D eigenvalue weighted by Gasteiger charge is 2.14. The summed E-state index contributed by atoms with van der Waals surface area (Å²) < 4.78 is 5.35. The van der Waals surface area contributed by atoms with Gasteiger partial charge in [-0.25, -0.2) is 0 Å². The lowest BCUT2D eigenvalue weighted by molar-refractivity contribution is 0.431. The van der Waals surface area contributed by atoms with Gasteiger partial charge in [0.15, 0.2) is 0 Å². The lowest BCUT2D eigenvalue weighted by Crippen LogP contribution is -1.87. The smallest absolute Gasteiger partial charge is 0.277 e. The van der Waals surface area contributed by atoms with Crippen LogP contribution in [0.15, 0.2) is 65.4 Å². The molecule has 21 heavy (non-hydrogen) atoms. The molecule has 0 saturated carbocycles. The Morgan fingerprint density at radius 2 is 1.71 bits per heavy atom. The highest BCUT2D eigenvalue weighted by molar-refractivity contribution is 5.92. The molecular weight excluding hydrogens is 264 g/mol. The molecule has 0 fully saturated rings. The highest BCUT2D eigenvalue weighted by atomic mass is 16.5. The van der Waals surface area contributed by atoms with Crippen molar-refractivity contribution in [3.05, 3.63) is 60.9 Å². The van der Waals surface area contributed by atoms with Gasteiger partial charge in [-0.05, 0) is 23.6 Å². The molecule has 5 nitrogen and oxygen atoms in total. The van der Waals surface area contributed by atoms with Crippen LogP contribution in [0, 0.1) is 0 Å². The Hall–Kier alpha value is -3.08. The molecule has 0 bridgehead atoms. The first-order chi connectivity index (χ1) is 10.4. The lowest BCUT2D eigenvalue weighted by Gasteiger charge is -2.00. The van der Waals surface area contributed by atoms with Gasteiger partial charge in [-0.1, -0.05) is 35.5 Å². The Balaban J connectivity index is 1.85. The number of nitrogens with zero attached hydrogens (tertiary/aromatic N) is 4. The minimum Gasteiger partial charge on any atom is -0.332 e. The van der Waals surface area contributed by atoms with Gasteiger partial charge in [0.2, 0.25) is 5.82 Å². The van der Waals surface area contributed by atoms with E-state index in [4.69, 9.17) is 4.52 Å². The fourth-order valence-corrected chi connectivity index (χ4v) is 2.21. The fourth-order valence-electron chi connectivity index (χ4n) is 2.21. The zero-order chi connectivity index (χ0) is 14.1. The van der Waals surface area contributed by atoms with Gasteiger partial charge >= 0.3 is 0 Å². The third-order valence-electron chi connectivity index (χ3n) is 3.20. The number of hydrogen-bond acceptors (Lipinski definition) is 5. The van der Waals surface area contributed by atoms with Crippen molar-refractivity contribution in [2.75, 3.05) is 0 Å². The molecule has 0 aliphatic heterocycles. The second kappa shape index (κ2) is 4.79. The van der Waals surface area contributed by atoms with E-state index in [1.165, 1.54) is 0 Å². The molecule has 0 saturated heterocycles. The van der Waals surface area contributed by atoms with E-state index in [1.807, 2.05) is 48.5 Å². The first kappa shape index (κ1) is 11.7. The van der Waals surface area contributed by atoms with E-state index >= 15 is 0 Å². The van der Waals surface area contributed by atoms with Gasteiger partial charge in [0.1, 0.15) is 11.4 Å². The highest BCUT2D eigenvalue weighted by Crippen LogP contribution is 2.26. The first-order valence-electron chi connectivity index (χ1n) is 6.51. The van der Waals surface area contributed by atoms with E-state index in [1.54, 1.807) is 12.4 Å². The Bertz CT molecular complexity index is 897. The molecule has 1 aromatic carbocycles. The molecule has 0 spiro atoms. The van der Waals surface area contributed by atoms with E-state index in [9.17, 15) is 0 Å². The van der Waals surface area contributed by atoms with Crippen molar-refractivity contribution >= 4 is 10.8 Å². The van der Waals surface area contributed by atoms with Crippen LogP contribution in [0.25, 0.3) is 33.9 Å². The molecule has 4 aromatic rings. The number of benzene rings is 1. The van der Waals surface area contributed by atoms with Crippen LogP contribution in [0.5, 0.6) is 0 Å². The van der Waals surface area contributed by atoms with Gasteiger partial charge in [0.05, 0.1) is 0 Å². The van der Waals surface area contributed by atoms with E-state index in [-0.39, 0.29) is 0 Å². The quantitative estimate of drug-likeness (QED) is 0.561. The Kier molecular flexibility index (Phi) is 2.67. The minimum atomic E-state index is 0.396. The Morgan fingerprint density at radius 1 is 0.810 bits per heavy atom. The normalized spacial score (nSPS) is 10.9. The van der Waals surface area contributed by atoms with E-state index in [2.05, 4.69) is 20.1 Å². The fraction of sp³-hybridized carbons (Fsp3) is 0. The summed E-state index contributed by atoms with van der Waals surface area (Å²) in [5.74, 6) is 0.854. The van der Waals surface area contributed by atoms with Gasteiger partial charge in [0.25, 0.3) is 5.89 Å². The second-order valence-corrected chi connectivity index (χ2v) is 4.52. The first-order valence-corrected chi connectivity index (χ1v) is 6.51. The van der Waals surface area contributed by atoms with Crippen molar-refractivity contribution in [3.8, 4) is 23.1 Å². The predicted molar refractivity (Wildman–Crippen MR) is 78.3 cm³/mol. The van der Waals surface area contributed by atoms with Gasteiger partial charge in [-0.15, -0.1) is 0 Å². The molecule has 5 heteroatoms. The van der Waals surface area contributed by atoms with Crippen LogP contribution in [0.2, 0.25) is 0 Å².